The number of rotatable bonds is 4. The molecule has 0 aromatic carbocycles. The lowest BCUT2D eigenvalue weighted by molar-refractivity contribution is 0.543. The second-order valence-corrected chi connectivity index (χ2v) is 4.87. The molecule has 1 atom stereocenters. The van der Waals surface area contributed by atoms with Crippen molar-refractivity contribution in [3.05, 3.63) is 54.0 Å². The van der Waals surface area contributed by atoms with Gasteiger partial charge in [0.05, 0.1) is 6.04 Å². The van der Waals surface area contributed by atoms with E-state index >= 15 is 0 Å². The first-order valence-corrected chi connectivity index (χ1v) is 6.26. The van der Waals surface area contributed by atoms with Gasteiger partial charge in [0, 0.05) is 18.6 Å². The highest BCUT2D eigenvalue weighted by Gasteiger charge is 2.16. The SMILES string of the molecule is Cc1ccnc(NC(c2cccnc2)C(C)C)c1. The van der Waals surface area contributed by atoms with Crippen molar-refractivity contribution in [2.24, 2.45) is 5.92 Å². The summed E-state index contributed by atoms with van der Waals surface area (Å²) in [4.78, 5) is 8.54. The fourth-order valence-corrected chi connectivity index (χ4v) is 1.97. The van der Waals surface area contributed by atoms with E-state index in [0.717, 1.165) is 5.82 Å². The summed E-state index contributed by atoms with van der Waals surface area (Å²) < 4.78 is 0. The van der Waals surface area contributed by atoms with E-state index < -0.39 is 0 Å². The van der Waals surface area contributed by atoms with Crippen LogP contribution in [0.4, 0.5) is 5.82 Å². The zero-order valence-corrected chi connectivity index (χ0v) is 11.1. The molecule has 0 fully saturated rings. The van der Waals surface area contributed by atoms with Crippen LogP contribution < -0.4 is 5.32 Å². The molecule has 0 saturated carbocycles. The zero-order chi connectivity index (χ0) is 13.0. The van der Waals surface area contributed by atoms with E-state index in [2.05, 4.69) is 48.2 Å². The molecule has 0 spiro atoms. The van der Waals surface area contributed by atoms with Crippen LogP contribution in [0, 0.1) is 12.8 Å². The van der Waals surface area contributed by atoms with E-state index in [-0.39, 0.29) is 6.04 Å². The van der Waals surface area contributed by atoms with E-state index in [1.807, 2.05) is 24.5 Å². The van der Waals surface area contributed by atoms with E-state index in [1.165, 1.54) is 11.1 Å². The van der Waals surface area contributed by atoms with Crippen LogP contribution in [-0.2, 0) is 0 Å². The van der Waals surface area contributed by atoms with Gasteiger partial charge in [0.25, 0.3) is 0 Å². The predicted molar refractivity (Wildman–Crippen MR) is 74.4 cm³/mol. The fraction of sp³-hybridized carbons (Fsp3) is 0.333. The molecule has 0 saturated heterocycles. The average Bonchev–Trinajstić information content (AvgIpc) is 2.37. The lowest BCUT2D eigenvalue weighted by atomic mass is 9.97. The molecule has 2 aromatic rings. The normalized spacial score (nSPS) is 12.4. The van der Waals surface area contributed by atoms with Crippen LogP contribution in [0.5, 0.6) is 0 Å². The molecule has 3 nitrogen and oxygen atoms in total. The van der Waals surface area contributed by atoms with Gasteiger partial charge in [-0.3, -0.25) is 4.98 Å². The van der Waals surface area contributed by atoms with Crippen molar-refractivity contribution >= 4 is 5.82 Å². The summed E-state index contributed by atoms with van der Waals surface area (Å²) >= 11 is 0. The Hall–Kier alpha value is -1.90. The maximum absolute atomic E-state index is 4.36. The second kappa shape index (κ2) is 5.63. The molecule has 2 heterocycles. The predicted octanol–water partition coefficient (Wildman–Crippen LogP) is 3.59. The van der Waals surface area contributed by atoms with Crippen molar-refractivity contribution in [3.63, 3.8) is 0 Å². The Kier molecular flexibility index (Phi) is 3.92. The third-order valence-electron chi connectivity index (χ3n) is 2.93. The maximum Gasteiger partial charge on any atom is 0.126 e. The molecule has 94 valence electrons. The van der Waals surface area contributed by atoms with E-state index in [1.54, 1.807) is 6.20 Å². The standard InChI is InChI=1S/C15H19N3/c1-11(2)15(13-5-4-7-16-10-13)18-14-9-12(3)6-8-17-14/h4-11,15H,1-3H3,(H,17,18). The summed E-state index contributed by atoms with van der Waals surface area (Å²) in [6, 6.07) is 8.36. The van der Waals surface area contributed by atoms with Crippen molar-refractivity contribution in [2.45, 2.75) is 26.8 Å². The smallest absolute Gasteiger partial charge is 0.126 e. The van der Waals surface area contributed by atoms with Crippen LogP contribution in [0.1, 0.15) is 31.0 Å². The monoisotopic (exact) mass is 241 g/mol. The lowest BCUT2D eigenvalue weighted by Gasteiger charge is -2.23. The number of hydrogen-bond donors (Lipinski definition) is 1. The molecule has 0 aliphatic heterocycles. The Balaban J connectivity index is 2.22. The zero-order valence-electron chi connectivity index (χ0n) is 11.1. The number of aryl methyl sites for hydroxylation is 1. The molecule has 1 unspecified atom stereocenters. The molecule has 0 bridgehead atoms. The number of nitrogens with zero attached hydrogens (tertiary/aromatic N) is 2. The molecule has 0 radical (unpaired) electrons. The van der Waals surface area contributed by atoms with Gasteiger partial charge < -0.3 is 5.32 Å². The summed E-state index contributed by atoms with van der Waals surface area (Å²) in [5, 5.41) is 3.48. The highest BCUT2D eigenvalue weighted by Crippen LogP contribution is 2.25. The number of nitrogens with one attached hydrogen (secondary N) is 1. The van der Waals surface area contributed by atoms with Gasteiger partial charge in [-0.25, -0.2) is 4.98 Å². The first-order valence-electron chi connectivity index (χ1n) is 6.26. The number of pyridine rings is 2. The molecule has 2 aromatic heterocycles. The van der Waals surface area contributed by atoms with Crippen LogP contribution in [0.2, 0.25) is 0 Å². The number of aromatic nitrogens is 2. The highest BCUT2D eigenvalue weighted by atomic mass is 15.0. The van der Waals surface area contributed by atoms with Crippen molar-refractivity contribution in [1.29, 1.82) is 0 Å². The minimum Gasteiger partial charge on any atom is -0.363 e. The summed E-state index contributed by atoms with van der Waals surface area (Å²) in [6.45, 7) is 6.46. The molecular weight excluding hydrogens is 222 g/mol. The highest BCUT2D eigenvalue weighted by molar-refractivity contribution is 5.40. The van der Waals surface area contributed by atoms with Crippen molar-refractivity contribution in [1.82, 2.24) is 9.97 Å². The first kappa shape index (κ1) is 12.6. The molecule has 18 heavy (non-hydrogen) atoms. The molecule has 0 amide bonds. The Labute approximate surface area is 108 Å². The van der Waals surface area contributed by atoms with Crippen molar-refractivity contribution in [2.75, 3.05) is 5.32 Å². The molecular formula is C15H19N3. The van der Waals surface area contributed by atoms with Crippen LogP contribution in [0.3, 0.4) is 0 Å². The summed E-state index contributed by atoms with van der Waals surface area (Å²) in [5.74, 6) is 1.38. The van der Waals surface area contributed by atoms with Gasteiger partial charge in [0.1, 0.15) is 5.82 Å². The third-order valence-corrected chi connectivity index (χ3v) is 2.93. The summed E-state index contributed by atoms with van der Waals surface area (Å²) in [7, 11) is 0. The largest absolute Gasteiger partial charge is 0.363 e. The minimum atomic E-state index is 0.230. The fourth-order valence-electron chi connectivity index (χ4n) is 1.97. The van der Waals surface area contributed by atoms with E-state index in [9.17, 15) is 0 Å². The van der Waals surface area contributed by atoms with Crippen LogP contribution in [0.15, 0.2) is 42.9 Å². The topological polar surface area (TPSA) is 37.8 Å². The van der Waals surface area contributed by atoms with Gasteiger partial charge >= 0.3 is 0 Å². The van der Waals surface area contributed by atoms with Crippen LogP contribution in [0.25, 0.3) is 0 Å². The molecule has 0 aliphatic carbocycles. The Morgan fingerprint density at radius 3 is 2.61 bits per heavy atom. The summed E-state index contributed by atoms with van der Waals surface area (Å²) in [6.07, 6.45) is 5.54. The van der Waals surface area contributed by atoms with Gasteiger partial charge in [0.2, 0.25) is 0 Å². The van der Waals surface area contributed by atoms with E-state index in [0.29, 0.717) is 5.92 Å². The van der Waals surface area contributed by atoms with Crippen LogP contribution >= 0.6 is 0 Å². The van der Waals surface area contributed by atoms with Gasteiger partial charge in [-0.15, -0.1) is 0 Å². The van der Waals surface area contributed by atoms with Gasteiger partial charge in [-0.1, -0.05) is 19.9 Å². The Morgan fingerprint density at radius 1 is 1.17 bits per heavy atom. The van der Waals surface area contributed by atoms with Gasteiger partial charge in [0.15, 0.2) is 0 Å². The third kappa shape index (κ3) is 3.06. The van der Waals surface area contributed by atoms with Crippen LogP contribution in [-0.4, -0.2) is 9.97 Å². The van der Waals surface area contributed by atoms with E-state index in [4.69, 9.17) is 0 Å². The Morgan fingerprint density at radius 2 is 2.00 bits per heavy atom. The maximum atomic E-state index is 4.36. The molecule has 2 rings (SSSR count). The Bertz CT molecular complexity index is 494. The molecule has 3 heteroatoms. The first-order chi connectivity index (χ1) is 8.66. The lowest BCUT2D eigenvalue weighted by Crippen LogP contribution is -2.17. The van der Waals surface area contributed by atoms with Gasteiger partial charge in [-0.2, -0.15) is 0 Å². The molecule has 1 N–H and O–H groups in total. The number of hydrogen-bond acceptors (Lipinski definition) is 3. The van der Waals surface area contributed by atoms with Crippen molar-refractivity contribution < 1.29 is 0 Å². The molecule has 0 aliphatic rings. The van der Waals surface area contributed by atoms with Gasteiger partial charge in [-0.05, 0) is 42.2 Å². The number of anilines is 1. The van der Waals surface area contributed by atoms with Crippen molar-refractivity contribution in [3.8, 4) is 0 Å². The minimum absolute atomic E-state index is 0.230. The summed E-state index contributed by atoms with van der Waals surface area (Å²) in [5.41, 5.74) is 2.40. The quantitative estimate of drug-likeness (QED) is 0.888. The second-order valence-electron chi connectivity index (χ2n) is 4.87. The average molecular weight is 241 g/mol.